The van der Waals surface area contributed by atoms with E-state index in [0.717, 1.165) is 0 Å². The lowest BCUT2D eigenvalue weighted by atomic mass is 9.79. The fraction of sp³-hybridized carbons (Fsp3) is 0.278. The molecule has 0 saturated carbocycles. The van der Waals surface area contributed by atoms with Crippen LogP contribution in [0.4, 0.5) is 0 Å². The normalized spacial score (nSPS) is 23.4. The number of nitrogens with zero attached hydrogens (tertiary/aromatic N) is 2. The van der Waals surface area contributed by atoms with Crippen molar-refractivity contribution in [3.63, 3.8) is 0 Å². The predicted molar refractivity (Wildman–Crippen MR) is 82.0 cm³/mol. The number of benzene rings is 2. The van der Waals surface area contributed by atoms with Crippen LogP contribution < -0.4 is 0 Å². The van der Waals surface area contributed by atoms with Crippen molar-refractivity contribution in [3.8, 4) is 11.1 Å². The Hall–Kier alpha value is -2.09. The van der Waals surface area contributed by atoms with E-state index in [1.165, 1.54) is 28.1 Å². The van der Waals surface area contributed by atoms with Crippen LogP contribution in [-0.2, 0) is 0 Å². The van der Waals surface area contributed by atoms with E-state index < -0.39 is 0 Å². The molecular formula is C18H19N2+. The fourth-order valence-corrected chi connectivity index (χ4v) is 3.83. The summed E-state index contributed by atoms with van der Waals surface area (Å²) in [6, 6.07) is 18.5. The number of fused-ring (bicyclic) bond motifs is 6. The minimum atomic E-state index is 0.422. The summed E-state index contributed by atoms with van der Waals surface area (Å²) in [6.45, 7) is 2.21. The molecule has 2 heteroatoms. The van der Waals surface area contributed by atoms with Gasteiger partial charge in [0.15, 0.2) is 12.1 Å². The average molecular weight is 263 g/mol. The number of rotatable bonds is 0. The number of hydrogen-bond donors (Lipinski definition) is 0. The lowest BCUT2D eigenvalue weighted by molar-refractivity contribution is -0.539. The van der Waals surface area contributed by atoms with E-state index >= 15 is 0 Å². The molecule has 2 aromatic rings. The Morgan fingerprint density at radius 3 is 2.15 bits per heavy atom. The second kappa shape index (κ2) is 3.95. The van der Waals surface area contributed by atoms with Crippen molar-refractivity contribution in [1.29, 1.82) is 0 Å². The zero-order valence-electron chi connectivity index (χ0n) is 12.2. The predicted octanol–water partition coefficient (Wildman–Crippen LogP) is 3.46. The van der Waals surface area contributed by atoms with Gasteiger partial charge in [-0.15, -0.1) is 0 Å². The molecule has 0 fully saturated rings. The molecule has 0 N–H and O–H groups in total. The van der Waals surface area contributed by atoms with Crippen LogP contribution in [0.2, 0.25) is 0 Å². The van der Waals surface area contributed by atoms with Gasteiger partial charge < -0.3 is 0 Å². The van der Waals surface area contributed by atoms with Gasteiger partial charge in [-0.2, -0.15) is 0 Å². The van der Waals surface area contributed by atoms with E-state index in [1.54, 1.807) is 0 Å². The third-order valence-corrected chi connectivity index (χ3v) is 5.00. The molecule has 2 aliphatic rings. The van der Waals surface area contributed by atoms with E-state index in [4.69, 9.17) is 0 Å². The van der Waals surface area contributed by atoms with Crippen molar-refractivity contribution in [2.45, 2.75) is 19.0 Å². The number of hydrogen-bond acceptors (Lipinski definition) is 1. The summed E-state index contributed by atoms with van der Waals surface area (Å²) >= 11 is 0. The molecule has 2 atom stereocenters. The van der Waals surface area contributed by atoms with Crippen LogP contribution >= 0.6 is 0 Å². The van der Waals surface area contributed by atoms with Gasteiger partial charge in [-0.1, -0.05) is 48.5 Å². The molecule has 0 aromatic heterocycles. The Bertz CT molecular complexity index is 730. The highest BCUT2D eigenvalue weighted by molar-refractivity contribution is 5.81. The maximum Gasteiger partial charge on any atom is 0.244 e. The van der Waals surface area contributed by atoms with Gasteiger partial charge in [-0.25, -0.2) is 0 Å². The first-order valence-corrected chi connectivity index (χ1v) is 7.17. The molecule has 20 heavy (non-hydrogen) atoms. The van der Waals surface area contributed by atoms with Gasteiger partial charge in [0.05, 0.1) is 14.1 Å². The van der Waals surface area contributed by atoms with Gasteiger partial charge in [0, 0.05) is 18.1 Å². The quantitative estimate of drug-likeness (QED) is 0.660. The molecule has 2 nitrogen and oxygen atoms in total. The topological polar surface area (TPSA) is 6.25 Å². The molecule has 0 unspecified atom stereocenters. The van der Waals surface area contributed by atoms with Crippen molar-refractivity contribution >= 4 is 5.84 Å². The van der Waals surface area contributed by atoms with Crippen molar-refractivity contribution in [3.05, 3.63) is 59.7 Å². The van der Waals surface area contributed by atoms with Crippen molar-refractivity contribution in [2.24, 2.45) is 0 Å². The zero-order chi connectivity index (χ0) is 13.9. The van der Waals surface area contributed by atoms with Gasteiger partial charge in [0.1, 0.15) is 0 Å². The van der Waals surface area contributed by atoms with Crippen LogP contribution in [0.15, 0.2) is 48.5 Å². The molecule has 0 amide bonds. The van der Waals surface area contributed by atoms with Gasteiger partial charge in [-0.3, -0.25) is 9.48 Å². The minimum absolute atomic E-state index is 0.422. The number of amidine groups is 1. The summed E-state index contributed by atoms with van der Waals surface area (Å²) < 4.78 is 2.42. The van der Waals surface area contributed by atoms with Crippen molar-refractivity contribution in [2.75, 3.05) is 14.1 Å². The summed E-state index contributed by atoms with van der Waals surface area (Å²) in [5, 5.41) is 0. The molecule has 100 valence electrons. The van der Waals surface area contributed by atoms with E-state index in [1.807, 2.05) is 0 Å². The molecule has 0 radical (unpaired) electrons. The largest absolute Gasteiger partial charge is 0.257 e. The average Bonchev–Trinajstić information content (AvgIpc) is 2.73. The Morgan fingerprint density at radius 1 is 0.900 bits per heavy atom. The molecule has 1 heterocycles. The standard InChI is InChI=1S/C18H19N2/c1-12-19(2)17-15-10-6-4-8-13(15)14-9-5-7-11-16(14)18(17)20(12)3/h4-11,17-18H,1-3H3/q+1/t17-,18+. The second-order valence-corrected chi connectivity index (χ2v) is 5.83. The third kappa shape index (κ3) is 1.31. The van der Waals surface area contributed by atoms with Crippen LogP contribution in [0.1, 0.15) is 30.1 Å². The van der Waals surface area contributed by atoms with Crippen molar-refractivity contribution in [1.82, 2.24) is 4.90 Å². The summed E-state index contributed by atoms with van der Waals surface area (Å²) in [5.74, 6) is 1.34. The third-order valence-electron chi connectivity index (χ3n) is 5.00. The SMILES string of the molecule is CC1=[N+](C)[C@H]2c3ccccc3-c3ccccc3[C@H]2N1C. The Balaban J connectivity index is 2.06. The highest BCUT2D eigenvalue weighted by Gasteiger charge is 2.48. The molecule has 0 saturated heterocycles. The van der Waals surface area contributed by atoms with Gasteiger partial charge >= 0.3 is 0 Å². The van der Waals surface area contributed by atoms with E-state index in [9.17, 15) is 0 Å². The second-order valence-electron chi connectivity index (χ2n) is 5.83. The van der Waals surface area contributed by atoms with Crippen LogP contribution in [0, 0.1) is 0 Å². The summed E-state index contributed by atoms with van der Waals surface area (Å²) in [7, 11) is 4.42. The minimum Gasteiger partial charge on any atom is -0.257 e. The molecule has 1 aliphatic heterocycles. The Kier molecular flexibility index (Phi) is 2.31. The Morgan fingerprint density at radius 2 is 1.45 bits per heavy atom. The van der Waals surface area contributed by atoms with Gasteiger partial charge in [0.25, 0.3) is 0 Å². The molecule has 0 spiro atoms. The van der Waals surface area contributed by atoms with E-state index in [2.05, 4.69) is 79.0 Å². The van der Waals surface area contributed by atoms with Gasteiger partial charge in [-0.05, 0) is 11.1 Å². The summed E-state index contributed by atoms with van der Waals surface area (Å²) in [5.41, 5.74) is 5.67. The molecular weight excluding hydrogens is 244 g/mol. The maximum atomic E-state index is 2.42. The van der Waals surface area contributed by atoms with Crippen LogP contribution in [-0.4, -0.2) is 29.4 Å². The first-order valence-electron chi connectivity index (χ1n) is 7.17. The summed E-state index contributed by atoms with van der Waals surface area (Å²) in [4.78, 5) is 2.42. The monoisotopic (exact) mass is 263 g/mol. The van der Waals surface area contributed by atoms with Crippen LogP contribution in [0.3, 0.4) is 0 Å². The molecule has 2 aromatic carbocycles. The zero-order valence-corrected chi connectivity index (χ0v) is 12.2. The maximum absolute atomic E-state index is 2.42. The lowest BCUT2D eigenvalue weighted by Crippen LogP contribution is -2.28. The Labute approximate surface area is 120 Å². The van der Waals surface area contributed by atoms with Crippen LogP contribution in [0.25, 0.3) is 11.1 Å². The summed E-state index contributed by atoms with van der Waals surface area (Å²) in [6.07, 6.45) is 0. The van der Waals surface area contributed by atoms with E-state index in [-0.39, 0.29) is 0 Å². The first-order chi connectivity index (χ1) is 9.70. The highest BCUT2D eigenvalue weighted by atomic mass is 15.3. The molecule has 4 rings (SSSR count). The number of likely N-dealkylation sites (N-methyl/N-ethyl adjacent to an activating group) is 2. The van der Waals surface area contributed by atoms with Crippen molar-refractivity contribution < 1.29 is 4.58 Å². The molecule has 1 aliphatic carbocycles. The smallest absolute Gasteiger partial charge is 0.244 e. The first kappa shape index (κ1) is 11.7. The fourth-order valence-electron chi connectivity index (χ4n) is 3.83. The van der Waals surface area contributed by atoms with Crippen LogP contribution in [0.5, 0.6) is 0 Å². The highest BCUT2D eigenvalue weighted by Crippen LogP contribution is 2.50. The lowest BCUT2D eigenvalue weighted by Gasteiger charge is -2.30. The molecule has 0 bridgehead atoms. The van der Waals surface area contributed by atoms with Gasteiger partial charge in [0.2, 0.25) is 5.84 Å². The van der Waals surface area contributed by atoms with E-state index in [0.29, 0.717) is 12.1 Å².